The number of ether oxygens (including phenoxy) is 3. The Labute approximate surface area is 177 Å². The second-order valence-electron chi connectivity index (χ2n) is 6.93. The number of hydrogen-bond donors (Lipinski definition) is 0. The van der Waals surface area contributed by atoms with Crippen LogP contribution in [0.2, 0.25) is 0 Å². The van der Waals surface area contributed by atoms with Gasteiger partial charge in [-0.3, -0.25) is 4.79 Å². The molecule has 0 spiro atoms. The molecule has 1 saturated heterocycles. The third-order valence-corrected chi connectivity index (χ3v) is 6.42. The van der Waals surface area contributed by atoms with Crippen LogP contribution in [0.1, 0.15) is 32.3 Å². The second kappa shape index (κ2) is 11.0. The summed E-state index contributed by atoms with van der Waals surface area (Å²) < 4.78 is 39.2. The van der Waals surface area contributed by atoms with E-state index in [2.05, 4.69) is 0 Å². The SMILES string of the molecule is CCCN(C(=O)COC(=O)/C=C/c1ccc(OCC)c(OC)c1)C1CCS(=O)(=O)C1. The van der Waals surface area contributed by atoms with E-state index < -0.39 is 22.4 Å². The van der Waals surface area contributed by atoms with Gasteiger partial charge in [-0.25, -0.2) is 13.2 Å². The first kappa shape index (κ1) is 23.7. The molecule has 166 valence electrons. The summed E-state index contributed by atoms with van der Waals surface area (Å²) in [6.45, 7) is 4.29. The third-order valence-electron chi connectivity index (χ3n) is 4.67. The summed E-state index contributed by atoms with van der Waals surface area (Å²) in [4.78, 5) is 26.0. The van der Waals surface area contributed by atoms with Crippen LogP contribution in [0.4, 0.5) is 0 Å². The molecule has 0 bridgehead atoms. The van der Waals surface area contributed by atoms with E-state index in [9.17, 15) is 18.0 Å². The number of benzene rings is 1. The lowest BCUT2D eigenvalue weighted by Gasteiger charge is -2.27. The zero-order valence-electron chi connectivity index (χ0n) is 17.6. The molecule has 1 aromatic rings. The number of carbonyl (C=O) groups is 2. The van der Waals surface area contributed by atoms with Crippen molar-refractivity contribution >= 4 is 27.8 Å². The van der Waals surface area contributed by atoms with Gasteiger partial charge in [-0.2, -0.15) is 0 Å². The van der Waals surface area contributed by atoms with E-state index in [1.165, 1.54) is 18.1 Å². The van der Waals surface area contributed by atoms with Gasteiger partial charge < -0.3 is 19.1 Å². The van der Waals surface area contributed by atoms with Crippen LogP contribution >= 0.6 is 0 Å². The van der Waals surface area contributed by atoms with E-state index in [0.717, 1.165) is 0 Å². The van der Waals surface area contributed by atoms with Crippen molar-refractivity contribution in [3.63, 3.8) is 0 Å². The molecule has 1 aliphatic rings. The molecule has 1 heterocycles. The number of methoxy groups -OCH3 is 1. The lowest BCUT2D eigenvalue weighted by molar-refractivity contribution is -0.149. The minimum Gasteiger partial charge on any atom is -0.493 e. The summed E-state index contributed by atoms with van der Waals surface area (Å²) in [5.41, 5.74) is 0.711. The van der Waals surface area contributed by atoms with Crippen molar-refractivity contribution in [3.05, 3.63) is 29.8 Å². The Morgan fingerprint density at radius 2 is 2.00 bits per heavy atom. The summed E-state index contributed by atoms with van der Waals surface area (Å²) >= 11 is 0. The van der Waals surface area contributed by atoms with Gasteiger partial charge in [-0.05, 0) is 43.5 Å². The largest absolute Gasteiger partial charge is 0.493 e. The first-order valence-electron chi connectivity index (χ1n) is 9.95. The fraction of sp³-hybridized carbons (Fsp3) is 0.524. The fourth-order valence-corrected chi connectivity index (χ4v) is 4.99. The highest BCUT2D eigenvalue weighted by molar-refractivity contribution is 7.91. The van der Waals surface area contributed by atoms with E-state index >= 15 is 0 Å². The quantitative estimate of drug-likeness (QED) is 0.406. The van der Waals surface area contributed by atoms with Crippen molar-refractivity contribution in [1.82, 2.24) is 4.90 Å². The van der Waals surface area contributed by atoms with Crippen molar-refractivity contribution in [2.24, 2.45) is 0 Å². The van der Waals surface area contributed by atoms with E-state index in [4.69, 9.17) is 14.2 Å². The maximum absolute atomic E-state index is 12.5. The Bertz CT molecular complexity index is 879. The zero-order chi connectivity index (χ0) is 22.1. The lowest BCUT2D eigenvalue weighted by atomic mass is 10.2. The standard InChI is InChI=1S/C21H29NO7S/c1-4-11-22(17-10-12-30(25,26)15-17)20(23)14-29-21(24)9-7-16-6-8-18(28-5-2)19(13-16)27-3/h6-9,13,17H,4-5,10-12,14-15H2,1-3H3/b9-7+. The number of rotatable bonds is 10. The van der Waals surface area contributed by atoms with Crippen molar-refractivity contribution in [2.45, 2.75) is 32.7 Å². The molecule has 8 nitrogen and oxygen atoms in total. The number of esters is 1. The number of nitrogens with zero attached hydrogens (tertiary/aromatic N) is 1. The van der Waals surface area contributed by atoms with Crippen LogP contribution in [-0.2, 0) is 24.2 Å². The molecule has 1 unspecified atom stereocenters. The van der Waals surface area contributed by atoms with Gasteiger partial charge in [0.2, 0.25) is 0 Å². The van der Waals surface area contributed by atoms with Crippen molar-refractivity contribution < 1.29 is 32.2 Å². The number of carbonyl (C=O) groups excluding carboxylic acids is 2. The lowest BCUT2D eigenvalue weighted by Crippen LogP contribution is -2.43. The molecular weight excluding hydrogens is 410 g/mol. The van der Waals surface area contributed by atoms with Crippen LogP contribution in [0.25, 0.3) is 6.08 Å². The molecule has 1 fully saturated rings. The van der Waals surface area contributed by atoms with E-state index in [1.807, 2.05) is 13.8 Å². The molecule has 1 aliphatic heterocycles. The Kier molecular flexibility index (Phi) is 8.71. The zero-order valence-corrected chi connectivity index (χ0v) is 18.4. The molecule has 9 heteroatoms. The minimum absolute atomic E-state index is 0.0356. The monoisotopic (exact) mass is 439 g/mol. The topological polar surface area (TPSA) is 99.2 Å². The van der Waals surface area contributed by atoms with Gasteiger partial charge in [-0.1, -0.05) is 13.0 Å². The van der Waals surface area contributed by atoms with Crippen LogP contribution in [0, 0.1) is 0 Å². The molecule has 30 heavy (non-hydrogen) atoms. The highest BCUT2D eigenvalue weighted by Gasteiger charge is 2.34. The summed E-state index contributed by atoms with van der Waals surface area (Å²) in [5, 5.41) is 0. The smallest absolute Gasteiger partial charge is 0.331 e. The van der Waals surface area contributed by atoms with E-state index in [0.29, 0.717) is 43.1 Å². The summed E-state index contributed by atoms with van der Waals surface area (Å²) in [7, 11) is -1.58. The fourth-order valence-electron chi connectivity index (χ4n) is 3.26. The van der Waals surface area contributed by atoms with Crippen molar-refractivity contribution in [2.75, 3.05) is 38.4 Å². The Hall–Kier alpha value is -2.55. The molecular formula is C21H29NO7S. The number of sulfone groups is 1. The molecule has 2 rings (SSSR count). The Balaban J connectivity index is 1.93. The van der Waals surface area contributed by atoms with Crippen LogP contribution < -0.4 is 9.47 Å². The van der Waals surface area contributed by atoms with E-state index in [1.54, 1.807) is 24.3 Å². The van der Waals surface area contributed by atoms with Crippen LogP contribution in [0.3, 0.4) is 0 Å². The van der Waals surface area contributed by atoms with Gasteiger partial charge in [0.1, 0.15) is 0 Å². The predicted molar refractivity (Wildman–Crippen MR) is 113 cm³/mol. The first-order valence-corrected chi connectivity index (χ1v) is 11.8. The summed E-state index contributed by atoms with van der Waals surface area (Å²) in [5.74, 6) is 0.153. The molecule has 1 aromatic carbocycles. The maximum Gasteiger partial charge on any atom is 0.331 e. The summed E-state index contributed by atoms with van der Waals surface area (Å²) in [6.07, 6.45) is 3.89. The second-order valence-corrected chi connectivity index (χ2v) is 9.16. The molecule has 0 aromatic heterocycles. The average Bonchev–Trinajstić information content (AvgIpc) is 3.08. The maximum atomic E-state index is 12.5. The number of amides is 1. The van der Waals surface area contributed by atoms with Crippen molar-refractivity contribution in [3.8, 4) is 11.5 Å². The highest BCUT2D eigenvalue weighted by Crippen LogP contribution is 2.28. The van der Waals surface area contributed by atoms with Gasteiger partial charge in [0.05, 0.1) is 25.2 Å². The first-order chi connectivity index (χ1) is 14.3. The molecule has 0 radical (unpaired) electrons. The van der Waals surface area contributed by atoms with Crippen LogP contribution in [0.5, 0.6) is 11.5 Å². The molecule has 0 saturated carbocycles. The third kappa shape index (κ3) is 6.76. The molecule has 1 atom stereocenters. The average molecular weight is 440 g/mol. The molecule has 0 aliphatic carbocycles. The van der Waals surface area contributed by atoms with Crippen molar-refractivity contribution in [1.29, 1.82) is 0 Å². The number of hydrogen-bond acceptors (Lipinski definition) is 7. The van der Waals surface area contributed by atoms with Gasteiger partial charge in [0.15, 0.2) is 27.9 Å². The van der Waals surface area contributed by atoms with Gasteiger partial charge in [-0.15, -0.1) is 0 Å². The molecule has 0 N–H and O–H groups in total. The van der Waals surface area contributed by atoms with Crippen LogP contribution in [-0.4, -0.2) is 69.6 Å². The van der Waals surface area contributed by atoms with E-state index in [-0.39, 0.29) is 23.5 Å². The van der Waals surface area contributed by atoms with Crippen LogP contribution in [0.15, 0.2) is 24.3 Å². The highest BCUT2D eigenvalue weighted by atomic mass is 32.2. The Morgan fingerprint density at radius 1 is 1.23 bits per heavy atom. The summed E-state index contributed by atoms with van der Waals surface area (Å²) in [6, 6.07) is 4.89. The predicted octanol–water partition coefficient (Wildman–Crippen LogP) is 2.08. The van der Waals surface area contributed by atoms with Gasteiger partial charge in [0, 0.05) is 18.7 Å². The van der Waals surface area contributed by atoms with Gasteiger partial charge >= 0.3 is 5.97 Å². The molecule has 1 amide bonds. The normalized spacial score (nSPS) is 17.6. The Morgan fingerprint density at radius 3 is 2.60 bits per heavy atom. The minimum atomic E-state index is -3.11. The van der Waals surface area contributed by atoms with Gasteiger partial charge in [0.25, 0.3) is 5.91 Å².